The van der Waals surface area contributed by atoms with Crippen LogP contribution in [0.15, 0.2) is 35.3 Å². The minimum Gasteiger partial charge on any atom is -0.481 e. The number of Topliss-reactive ketones (excluding diaryl/α,β-unsaturated/α-hetero) is 1. The van der Waals surface area contributed by atoms with Gasteiger partial charge in [-0.25, -0.2) is 0 Å². The van der Waals surface area contributed by atoms with Gasteiger partial charge in [0.25, 0.3) is 0 Å². The fraction of sp³-hybridized carbons (Fsp3) is 0.438. The average Bonchev–Trinajstić information content (AvgIpc) is 2.50. The summed E-state index contributed by atoms with van der Waals surface area (Å²) in [6.07, 6.45) is 1.15. The maximum absolute atomic E-state index is 12.1. The number of hydrogen-bond donors (Lipinski definition) is 4. The molecule has 0 aliphatic rings. The number of aliphatic carboxylic acids is 1. The van der Waals surface area contributed by atoms with Gasteiger partial charge in [0.1, 0.15) is 0 Å². The minimum absolute atomic E-state index is 0.0298. The van der Waals surface area contributed by atoms with E-state index < -0.39 is 17.9 Å². The second-order valence-corrected chi connectivity index (χ2v) is 5.45. The van der Waals surface area contributed by atoms with Gasteiger partial charge in [0.2, 0.25) is 0 Å². The number of benzene rings is 1. The highest BCUT2D eigenvalue weighted by atomic mass is 16.4. The maximum atomic E-state index is 12.1. The highest BCUT2D eigenvalue weighted by molar-refractivity contribution is 5.87. The van der Waals surface area contributed by atoms with E-state index in [0.717, 1.165) is 5.56 Å². The number of carbonyl (C=O) groups excluding carboxylic acids is 1. The monoisotopic (exact) mass is 320 g/mol. The van der Waals surface area contributed by atoms with E-state index >= 15 is 0 Å². The van der Waals surface area contributed by atoms with Crippen LogP contribution in [0, 0.1) is 5.92 Å². The standard InChI is InChI=1S/C16H24N4O3/c17-13(9-11-5-2-1-3-6-11)14(21)10-12(15(22)23)7-4-8-20-16(18)19/h1-3,5-6,12-13H,4,7-10,17H2,(H,22,23)(H4,18,19,20)/t12-,13+/m1/s1. The molecular formula is C16H24N4O3. The van der Waals surface area contributed by atoms with E-state index in [1.165, 1.54) is 0 Å². The number of carbonyl (C=O) groups is 2. The average molecular weight is 320 g/mol. The molecule has 23 heavy (non-hydrogen) atoms. The predicted octanol–water partition coefficient (Wildman–Crippen LogP) is 0.270. The lowest BCUT2D eigenvalue weighted by Gasteiger charge is -2.15. The summed E-state index contributed by atoms with van der Waals surface area (Å²) in [5.74, 6) is -2.05. The van der Waals surface area contributed by atoms with E-state index in [2.05, 4.69) is 4.99 Å². The summed E-state index contributed by atoms with van der Waals surface area (Å²) in [4.78, 5) is 27.2. The van der Waals surface area contributed by atoms with Crippen molar-refractivity contribution in [3.8, 4) is 0 Å². The molecule has 126 valence electrons. The molecule has 0 aromatic heterocycles. The Morgan fingerprint density at radius 2 is 1.83 bits per heavy atom. The van der Waals surface area contributed by atoms with Crippen molar-refractivity contribution in [2.24, 2.45) is 28.1 Å². The maximum Gasteiger partial charge on any atom is 0.306 e. The first-order valence-corrected chi connectivity index (χ1v) is 7.50. The summed E-state index contributed by atoms with van der Waals surface area (Å²) in [5.41, 5.74) is 17.3. The van der Waals surface area contributed by atoms with Crippen molar-refractivity contribution in [3.05, 3.63) is 35.9 Å². The van der Waals surface area contributed by atoms with E-state index in [4.69, 9.17) is 17.2 Å². The summed E-state index contributed by atoms with van der Waals surface area (Å²) in [7, 11) is 0. The predicted molar refractivity (Wildman–Crippen MR) is 88.8 cm³/mol. The quantitative estimate of drug-likeness (QED) is 0.276. The third-order valence-corrected chi connectivity index (χ3v) is 3.51. The van der Waals surface area contributed by atoms with Gasteiger partial charge in [-0.3, -0.25) is 14.6 Å². The molecule has 0 saturated carbocycles. The first kappa shape index (κ1) is 18.6. The largest absolute Gasteiger partial charge is 0.481 e. The van der Waals surface area contributed by atoms with Crippen LogP contribution in [0.2, 0.25) is 0 Å². The van der Waals surface area contributed by atoms with Crippen LogP contribution in [0.25, 0.3) is 0 Å². The van der Waals surface area contributed by atoms with Crippen LogP contribution in [-0.4, -0.2) is 35.4 Å². The van der Waals surface area contributed by atoms with Crippen molar-refractivity contribution in [3.63, 3.8) is 0 Å². The molecule has 0 radical (unpaired) electrons. The second kappa shape index (κ2) is 9.58. The molecule has 0 amide bonds. The Morgan fingerprint density at radius 3 is 2.39 bits per heavy atom. The Balaban J connectivity index is 2.49. The molecule has 0 heterocycles. The Bertz CT molecular complexity index is 542. The van der Waals surface area contributed by atoms with E-state index in [1.807, 2.05) is 30.3 Å². The molecule has 0 fully saturated rings. The molecule has 0 aliphatic carbocycles. The SMILES string of the molecule is NC(N)=NCCC[C@H](CC(=O)[C@@H](N)Cc1ccccc1)C(=O)O. The number of ketones is 1. The van der Waals surface area contributed by atoms with Crippen LogP contribution in [0.4, 0.5) is 0 Å². The third kappa shape index (κ3) is 7.42. The normalized spacial score (nSPS) is 13.1. The van der Waals surface area contributed by atoms with Crippen molar-refractivity contribution < 1.29 is 14.7 Å². The molecule has 0 bridgehead atoms. The smallest absolute Gasteiger partial charge is 0.306 e. The van der Waals surface area contributed by atoms with Gasteiger partial charge in [-0.15, -0.1) is 0 Å². The topological polar surface area (TPSA) is 145 Å². The molecule has 1 aromatic carbocycles. The zero-order valence-corrected chi connectivity index (χ0v) is 13.0. The molecule has 7 heteroatoms. The highest BCUT2D eigenvalue weighted by Gasteiger charge is 2.24. The number of carboxylic acid groups (broad SMARTS) is 1. The first-order valence-electron chi connectivity index (χ1n) is 7.50. The summed E-state index contributed by atoms with van der Waals surface area (Å²) < 4.78 is 0. The first-order chi connectivity index (χ1) is 10.9. The van der Waals surface area contributed by atoms with Crippen LogP contribution in [-0.2, 0) is 16.0 Å². The highest BCUT2D eigenvalue weighted by Crippen LogP contribution is 2.14. The summed E-state index contributed by atoms with van der Waals surface area (Å²) in [6, 6.07) is 8.70. The fourth-order valence-electron chi connectivity index (χ4n) is 2.23. The number of nitrogens with zero attached hydrogens (tertiary/aromatic N) is 1. The molecule has 1 aromatic rings. The Labute approximate surface area is 135 Å². The van der Waals surface area contributed by atoms with Gasteiger partial charge in [-0.2, -0.15) is 0 Å². The van der Waals surface area contributed by atoms with E-state index in [0.29, 0.717) is 25.8 Å². The van der Waals surface area contributed by atoms with Gasteiger partial charge < -0.3 is 22.3 Å². The van der Waals surface area contributed by atoms with Gasteiger partial charge in [0.15, 0.2) is 11.7 Å². The number of guanidine groups is 1. The zero-order valence-electron chi connectivity index (χ0n) is 13.0. The van der Waals surface area contributed by atoms with Crippen LogP contribution in [0.1, 0.15) is 24.8 Å². The van der Waals surface area contributed by atoms with Gasteiger partial charge in [0, 0.05) is 13.0 Å². The molecule has 7 N–H and O–H groups in total. The lowest BCUT2D eigenvalue weighted by atomic mass is 9.92. The number of nitrogens with two attached hydrogens (primary N) is 3. The lowest BCUT2D eigenvalue weighted by Crippen LogP contribution is -2.35. The summed E-state index contributed by atoms with van der Waals surface area (Å²) >= 11 is 0. The number of carboxylic acids is 1. The molecule has 0 unspecified atom stereocenters. The van der Waals surface area contributed by atoms with Gasteiger partial charge in [-0.05, 0) is 24.8 Å². The number of rotatable bonds is 10. The van der Waals surface area contributed by atoms with Crippen molar-refractivity contribution in [2.75, 3.05) is 6.54 Å². The number of aliphatic imine (C=N–C) groups is 1. The van der Waals surface area contributed by atoms with Crippen LogP contribution < -0.4 is 17.2 Å². The Morgan fingerprint density at radius 1 is 1.17 bits per heavy atom. The van der Waals surface area contributed by atoms with Crippen molar-refractivity contribution in [1.82, 2.24) is 0 Å². The zero-order chi connectivity index (χ0) is 17.2. The lowest BCUT2D eigenvalue weighted by molar-refractivity contribution is -0.144. The second-order valence-electron chi connectivity index (χ2n) is 5.45. The summed E-state index contributed by atoms with van der Waals surface area (Å²) in [6.45, 7) is 0.344. The van der Waals surface area contributed by atoms with Crippen molar-refractivity contribution >= 4 is 17.7 Å². The van der Waals surface area contributed by atoms with Crippen molar-refractivity contribution in [1.29, 1.82) is 0 Å². The minimum atomic E-state index is -1.00. The van der Waals surface area contributed by atoms with Crippen LogP contribution >= 0.6 is 0 Å². The van der Waals surface area contributed by atoms with Gasteiger partial charge in [-0.1, -0.05) is 30.3 Å². The van der Waals surface area contributed by atoms with Crippen LogP contribution in [0.3, 0.4) is 0 Å². The van der Waals surface area contributed by atoms with E-state index in [1.54, 1.807) is 0 Å². The number of hydrogen-bond acceptors (Lipinski definition) is 4. The van der Waals surface area contributed by atoms with E-state index in [9.17, 15) is 14.7 Å². The third-order valence-electron chi connectivity index (χ3n) is 3.51. The van der Waals surface area contributed by atoms with E-state index in [-0.39, 0.29) is 18.2 Å². The molecule has 2 atom stereocenters. The van der Waals surface area contributed by atoms with Crippen LogP contribution in [0.5, 0.6) is 0 Å². The molecule has 0 saturated heterocycles. The molecular weight excluding hydrogens is 296 g/mol. The molecule has 1 rings (SSSR count). The molecule has 0 spiro atoms. The fourth-order valence-corrected chi connectivity index (χ4v) is 2.23. The Hall–Kier alpha value is -2.41. The van der Waals surface area contributed by atoms with Crippen molar-refractivity contribution in [2.45, 2.75) is 31.7 Å². The Kier molecular flexibility index (Phi) is 7.76. The summed E-state index contributed by atoms with van der Waals surface area (Å²) in [5, 5.41) is 9.22. The van der Waals surface area contributed by atoms with Gasteiger partial charge in [0.05, 0.1) is 12.0 Å². The molecule has 7 nitrogen and oxygen atoms in total. The van der Waals surface area contributed by atoms with Gasteiger partial charge >= 0.3 is 5.97 Å². The molecule has 0 aliphatic heterocycles.